The zero-order valence-electron chi connectivity index (χ0n) is 55.8. The molecule has 0 aromatic heterocycles. The lowest BCUT2D eigenvalue weighted by Gasteiger charge is -2.30. The van der Waals surface area contributed by atoms with E-state index in [9.17, 15) is 19.4 Å². The molecule has 0 aliphatic rings. The van der Waals surface area contributed by atoms with E-state index in [1.54, 1.807) is 0 Å². The Bertz CT molecular complexity index is 1280. The first-order valence-corrected chi connectivity index (χ1v) is 38.3. The number of hydrogen-bond donors (Lipinski definition) is 2. The Morgan fingerprint density at radius 2 is 0.605 bits per heavy atom. The molecule has 2 N–H and O–H groups in total. The minimum atomic E-state index is -4.58. The summed E-state index contributed by atoms with van der Waals surface area (Å²) in [5.41, 5.74) is 0. The smallest absolute Gasteiger partial charge is 0.268 e. The standard InChI is InChI=1S/C72H147N2O6P/c1-6-8-10-12-14-16-18-20-22-24-26-28-30-32-34-36-37-38-40-42-44-46-48-50-52-54-56-58-60-62-64-66-72(76)73-70(69-80-81(77,78)79-68-67-74(3,4)5)71(75)65-63-61-59-57-55-53-51-49-47-45-43-41-39-35-33-31-29-27-25-23-21-19-17-15-13-11-9-7-2/h70-71,75H,6-69H2,1-5H3,(H-,73,76,77,78). The molecular weight excluding hydrogens is 1020 g/mol. The molecule has 0 fully saturated rings. The van der Waals surface area contributed by atoms with E-state index in [2.05, 4.69) is 19.2 Å². The van der Waals surface area contributed by atoms with Crippen molar-refractivity contribution in [3.05, 3.63) is 0 Å². The van der Waals surface area contributed by atoms with Gasteiger partial charge in [-0.05, 0) is 12.8 Å². The van der Waals surface area contributed by atoms with Gasteiger partial charge in [-0.3, -0.25) is 9.36 Å². The van der Waals surface area contributed by atoms with Crippen LogP contribution in [0.15, 0.2) is 0 Å². The van der Waals surface area contributed by atoms with E-state index in [1.807, 2.05) is 21.1 Å². The summed E-state index contributed by atoms with van der Waals surface area (Å²) in [5.74, 6) is -0.153. The third-order valence-corrected chi connectivity index (χ3v) is 18.6. The van der Waals surface area contributed by atoms with Gasteiger partial charge in [0, 0.05) is 6.42 Å². The number of quaternary nitrogens is 1. The quantitative estimate of drug-likeness (QED) is 0.0357. The number of hydrogen-bond acceptors (Lipinski definition) is 6. The number of phosphoric acid groups is 1. The minimum absolute atomic E-state index is 0.0171. The van der Waals surface area contributed by atoms with Gasteiger partial charge >= 0.3 is 0 Å². The lowest BCUT2D eigenvalue weighted by atomic mass is 10.0. The van der Waals surface area contributed by atoms with Gasteiger partial charge in [0.2, 0.25) is 5.91 Å². The highest BCUT2D eigenvalue weighted by Crippen LogP contribution is 2.38. The van der Waals surface area contributed by atoms with Crippen LogP contribution in [-0.2, 0) is 18.4 Å². The van der Waals surface area contributed by atoms with Gasteiger partial charge < -0.3 is 28.8 Å². The lowest BCUT2D eigenvalue weighted by molar-refractivity contribution is -0.870. The highest BCUT2D eigenvalue weighted by molar-refractivity contribution is 7.45. The van der Waals surface area contributed by atoms with E-state index in [1.165, 1.54) is 340 Å². The van der Waals surface area contributed by atoms with Gasteiger partial charge in [-0.1, -0.05) is 386 Å². The molecule has 1 amide bonds. The van der Waals surface area contributed by atoms with Crippen molar-refractivity contribution in [2.45, 2.75) is 418 Å². The normalized spacial score (nSPS) is 13.5. The predicted molar refractivity (Wildman–Crippen MR) is 353 cm³/mol. The van der Waals surface area contributed by atoms with Crippen LogP contribution in [0.1, 0.15) is 406 Å². The van der Waals surface area contributed by atoms with E-state index < -0.39 is 20.0 Å². The Hall–Kier alpha value is -0.500. The molecule has 0 spiro atoms. The van der Waals surface area contributed by atoms with Crippen molar-refractivity contribution < 1.29 is 32.9 Å². The Labute approximate surface area is 508 Å². The Kier molecular flexibility index (Phi) is 63.6. The monoisotopic (exact) mass is 1170 g/mol. The van der Waals surface area contributed by atoms with Gasteiger partial charge in [0.15, 0.2) is 0 Å². The SMILES string of the molecule is CCCCCCCCCCCCCCCCCCCCCCCCCCCCCCCCCC(=O)NC(COP(=O)([O-])OCC[N+](C)(C)C)C(O)CCCCCCCCCCCCCCCCCCCCCCCCCCCCCC. The average molecular weight is 1170 g/mol. The van der Waals surface area contributed by atoms with E-state index in [-0.39, 0.29) is 19.1 Å². The molecule has 0 saturated carbocycles. The number of likely N-dealkylation sites (N-methyl/N-ethyl adjacent to an activating group) is 1. The Morgan fingerprint density at radius 1 is 0.383 bits per heavy atom. The van der Waals surface area contributed by atoms with Crippen LogP contribution in [0.25, 0.3) is 0 Å². The molecule has 0 heterocycles. The number of nitrogens with one attached hydrogen (secondary N) is 1. The fourth-order valence-electron chi connectivity index (χ4n) is 11.9. The van der Waals surface area contributed by atoms with Gasteiger partial charge in [0.25, 0.3) is 7.82 Å². The van der Waals surface area contributed by atoms with Gasteiger partial charge in [-0.2, -0.15) is 0 Å². The van der Waals surface area contributed by atoms with Crippen LogP contribution >= 0.6 is 7.82 Å². The maximum absolute atomic E-state index is 13.1. The van der Waals surface area contributed by atoms with Crippen LogP contribution in [0.4, 0.5) is 0 Å². The van der Waals surface area contributed by atoms with Crippen LogP contribution in [0, 0.1) is 0 Å². The summed E-state index contributed by atoms with van der Waals surface area (Å²) in [7, 11) is 1.33. The number of aliphatic hydroxyl groups is 1. The first-order chi connectivity index (χ1) is 39.5. The molecule has 0 aliphatic carbocycles. The van der Waals surface area contributed by atoms with E-state index in [0.717, 1.165) is 38.5 Å². The molecule has 3 unspecified atom stereocenters. The van der Waals surface area contributed by atoms with Crippen molar-refractivity contribution in [3.8, 4) is 0 Å². The van der Waals surface area contributed by atoms with E-state index in [4.69, 9.17) is 9.05 Å². The van der Waals surface area contributed by atoms with Crippen LogP contribution in [0.3, 0.4) is 0 Å². The molecule has 81 heavy (non-hydrogen) atoms. The largest absolute Gasteiger partial charge is 0.756 e. The first kappa shape index (κ1) is 80.5. The molecule has 0 bridgehead atoms. The van der Waals surface area contributed by atoms with Crippen molar-refractivity contribution in [2.24, 2.45) is 0 Å². The number of amides is 1. The summed E-state index contributed by atoms with van der Waals surface area (Å²) in [6.07, 6.45) is 80.6. The highest BCUT2D eigenvalue weighted by Gasteiger charge is 2.24. The second kappa shape index (κ2) is 64.0. The molecule has 0 aromatic rings. The number of carbonyl (C=O) groups excluding carboxylic acids is 1. The second-order valence-electron chi connectivity index (χ2n) is 27.0. The van der Waals surface area contributed by atoms with Crippen LogP contribution in [0.2, 0.25) is 0 Å². The number of aliphatic hydroxyl groups excluding tert-OH is 1. The van der Waals surface area contributed by atoms with Crippen molar-refractivity contribution in [3.63, 3.8) is 0 Å². The number of carbonyl (C=O) groups is 1. The van der Waals surface area contributed by atoms with Crippen LogP contribution in [0.5, 0.6) is 0 Å². The number of nitrogens with zero attached hydrogens (tertiary/aromatic N) is 1. The molecular formula is C72H147N2O6P. The maximum Gasteiger partial charge on any atom is 0.268 e. The topological polar surface area (TPSA) is 108 Å². The number of unbranched alkanes of at least 4 members (excludes halogenated alkanes) is 57. The molecule has 8 nitrogen and oxygen atoms in total. The molecule has 0 aromatic carbocycles. The predicted octanol–water partition coefficient (Wildman–Crippen LogP) is 22.9. The van der Waals surface area contributed by atoms with Crippen molar-refractivity contribution >= 4 is 13.7 Å². The molecule has 0 rings (SSSR count). The van der Waals surface area contributed by atoms with Gasteiger partial charge in [-0.25, -0.2) is 0 Å². The molecule has 9 heteroatoms. The van der Waals surface area contributed by atoms with Gasteiger partial charge in [0.05, 0.1) is 39.9 Å². The second-order valence-corrected chi connectivity index (χ2v) is 28.4. The van der Waals surface area contributed by atoms with Crippen molar-refractivity contribution in [1.29, 1.82) is 0 Å². The lowest BCUT2D eigenvalue weighted by Crippen LogP contribution is -2.46. The fourth-order valence-corrected chi connectivity index (χ4v) is 12.6. The van der Waals surface area contributed by atoms with Gasteiger partial charge in [0.1, 0.15) is 13.2 Å². The summed E-state index contributed by atoms with van der Waals surface area (Å²) >= 11 is 0. The van der Waals surface area contributed by atoms with Crippen molar-refractivity contribution in [1.82, 2.24) is 5.32 Å². The highest BCUT2D eigenvalue weighted by atomic mass is 31.2. The summed E-state index contributed by atoms with van der Waals surface area (Å²) in [6, 6.07) is -0.797. The number of rotatable bonds is 70. The van der Waals surface area contributed by atoms with E-state index >= 15 is 0 Å². The molecule has 3 atom stereocenters. The zero-order chi connectivity index (χ0) is 59.1. The van der Waals surface area contributed by atoms with Crippen LogP contribution in [-0.4, -0.2) is 68.5 Å². The average Bonchev–Trinajstić information content (AvgIpc) is 3.43. The molecule has 0 aliphatic heterocycles. The summed E-state index contributed by atoms with van der Waals surface area (Å²) in [4.78, 5) is 25.7. The first-order valence-electron chi connectivity index (χ1n) is 36.9. The van der Waals surface area contributed by atoms with E-state index in [0.29, 0.717) is 23.9 Å². The Morgan fingerprint density at radius 3 is 0.840 bits per heavy atom. The van der Waals surface area contributed by atoms with Gasteiger partial charge in [-0.15, -0.1) is 0 Å². The summed E-state index contributed by atoms with van der Waals surface area (Å²) in [6.45, 7) is 4.81. The maximum atomic E-state index is 13.1. The number of phosphoric ester groups is 1. The third-order valence-electron chi connectivity index (χ3n) is 17.6. The minimum Gasteiger partial charge on any atom is -0.756 e. The summed E-state index contributed by atoms with van der Waals surface area (Å²) in [5, 5.41) is 14.1. The van der Waals surface area contributed by atoms with Crippen molar-refractivity contribution in [2.75, 3.05) is 40.9 Å². The van der Waals surface area contributed by atoms with Crippen LogP contribution < -0.4 is 10.2 Å². The molecule has 486 valence electrons. The fraction of sp³-hybridized carbons (Fsp3) is 0.986. The summed E-state index contributed by atoms with van der Waals surface area (Å²) < 4.78 is 23.6. The molecule has 0 radical (unpaired) electrons. The third kappa shape index (κ3) is 66.9. The Balaban J connectivity index is 3.95. The zero-order valence-corrected chi connectivity index (χ0v) is 56.7. The molecule has 0 saturated heterocycles.